The summed E-state index contributed by atoms with van der Waals surface area (Å²) in [5, 5.41) is 4.11. The standard InChI is InChI=1S/C12H16BrClN2/c13-11-2-1-9(14)7-10(11)12(15)8-3-5-16-6-4-8/h1-2,7-8,12,16H,3-6,15H2/t12-/m1/s1. The number of hydrogen-bond acceptors (Lipinski definition) is 2. The molecule has 0 bridgehead atoms. The van der Waals surface area contributed by atoms with Gasteiger partial charge in [-0.05, 0) is 55.6 Å². The van der Waals surface area contributed by atoms with E-state index in [1.165, 1.54) is 0 Å². The average molecular weight is 304 g/mol. The van der Waals surface area contributed by atoms with E-state index < -0.39 is 0 Å². The molecule has 1 fully saturated rings. The van der Waals surface area contributed by atoms with Gasteiger partial charge in [0, 0.05) is 15.5 Å². The van der Waals surface area contributed by atoms with Gasteiger partial charge in [0.2, 0.25) is 0 Å². The molecule has 1 heterocycles. The third kappa shape index (κ3) is 2.77. The Morgan fingerprint density at radius 3 is 2.75 bits per heavy atom. The smallest absolute Gasteiger partial charge is 0.0410 e. The van der Waals surface area contributed by atoms with Crippen molar-refractivity contribution in [1.82, 2.24) is 5.32 Å². The van der Waals surface area contributed by atoms with E-state index in [2.05, 4.69) is 21.2 Å². The molecule has 0 aliphatic carbocycles. The molecule has 88 valence electrons. The second-order valence-electron chi connectivity index (χ2n) is 4.28. The fourth-order valence-electron chi connectivity index (χ4n) is 2.23. The molecule has 0 unspecified atom stereocenters. The van der Waals surface area contributed by atoms with Crippen molar-refractivity contribution >= 4 is 27.5 Å². The van der Waals surface area contributed by atoms with E-state index in [0.29, 0.717) is 5.92 Å². The van der Waals surface area contributed by atoms with Gasteiger partial charge in [-0.1, -0.05) is 27.5 Å². The Kier molecular flexibility index (Phi) is 4.25. The molecule has 1 aromatic carbocycles. The molecule has 1 aliphatic rings. The molecule has 3 N–H and O–H groups in total. The van der Waals surface area contributed by atoms with Crippen molar-refractivity contribution in [2.45, 2.75) is 18.9 Å². The first-order valence-corrected chi connectivity index (χ1v) is 6.77. The molecular formula is C12H16BrClN2. The van der Waals surface area contributed by atoms with E-state index in [1.807, 2.05) is 18.2 Å². The fourth-order valence-corrected chi connectivity index (χ4v) is 2.92. The summed E-state index contributed by atoms with van der Waals surface area (Å²) in [7, 11) is 0. The van der Waals surface area contributed by atoms with E-state index in [-0.39, 0.29) is 6.04 Å². The average Bonchev–Trinajstić information content (AvgIpc) is 2.32. The summed E-state index contributed by atoms with van der Waals surface area (Å²) in [6.07, 6.45) is 2.28. The molecule has 2 rings (SSSR count). The van der Waals surface area contributed by atoms with Crippen LogP contribution in [0.1, 0.15) is 24.4 Å². The molecule has 0 saturated carbocycles. The van der Waals surface area contributed by atoms with Crippen LogP contribution in [-0.4, -0.2) is 13.1 Å². The van der Waals surface area contributed by atoms with Gasteiger partial charge >= 0.3 is 0 Å². The first-order valence-electron chi connectivity index (χ1n) is 5.59. The van der Waals surface area contributed by atoms with Crippen LogP contribution in [0.15, 0.2) is 22.7 Å². The highest BCUT2D eigenvalue weighted by Crippen LogP contribution is 2.32. The van der Waals surface area contributed by atoms with Gasteiger partial charge in [-0.3, -0.25) is 0 Å². The summed E-state index contributed by atoms with van der Waals surface area (Å²) in [5.74, 6) is 0.552. The van der Waals surface area contributed by atoms with Gasteiger partial charge in [0.15, 0.2) is 0 Å². The Balaban J connectivity index is 2.18. The molecule has 1 aromatic rings. The van der Waals surface area contributed by atoms with Gasteiger partial charge in [-0.15, -0.1) is 0 Å². The summed E-state index contributed by atoms with van der Waals surface area (Å²) >= 11 is 9.55. The molecule has 0 amide bonds. The zero-order valence-corrected chi connectivity index (χ0v) is 11.4. The molecule has 4 heteroatoms. The summed E-state index contributed by atoms with van der Waals surface area (Å²) in [4.78, 5) is 0. The highest BCUT2D eigenvalue weighted by atomic mass is 79.9. The number of hydrogen-bond donors (Lipinski definition) is 2. The summed E-state index contributed by atoms with van der Waals surface area (Å²) in [6.45, 7) is 2.13. The van der Waals surface area contributed by atoms with Gasteiger partial charge in [-0.2, -0.15) is 0 Å². The van der Waals surface area contributed by atoms with Crippen LogP contribution in [0.5, 0.6) is 0 Å². The first-order chi connectivity index (χ1) is 7.68. The van der Waals surface area contributed by atoms with Gasteiger partial charge in [0.25, 0.3) is 0 Å². The second kappa shape index (κ2) is 5.50. The molecule has 0 radical (unpaired) electrons. The van der Waals surface area contributed by atoms with E-state index in [9.17, 15) is 0 Å². The third-order valence-electron chi connectivity index (χ3n) is 3.21. The van der Waals surface area contributed by atoms with Crippen molar-refractivity contribution in [3.05, 3.63) is 33.3 Å². The number of halogens is 2. The lowest BCUT2D eigenvalue weighted by Gasteiger charge is -2.29. The molecule has 0 aromatic heterocycles. The monoisotopic (exact) mass is 302 g/mol. The summed E-state index contributed by atoms with van der Waals surface area (Å²) in [6, 6.07) is 5.90. The van der Waals surface area contributed by atoms with Gasteiger partial charge in [0.1, 0.15) is 0 Å². The van der Waals surface area contributed by atoms with E-state index in [0.717, 1.165) is 41.0 Å². The van der Waals surface area contributed by atoms with Crippen molar-refractivity contribution in [2.24, 2.45) is 11.7 Å². The summed E-state index contributed by atoms with van der Waals surface area (Å²) in [5.41, 5.74) is 7.45. The molecule has 0 spiro atoms. The number of rotatable bonds is 2. The Morgan fingerprint density at radius 1 is 1.38 bits per heavy atom. The molecule has 1 atom stereocenters. The SMILES string of the molecule is N[C@@H](c1cc(Cl)ccc1Br)C1CCNCC1. The van der Waals surface area contributed by atoms with Crippen LogP contribution >= 0.6 is 27.5 Å². The van der Waals surface area contributed by atoms with Crippen LogP contribution in [-0.2, 0) is 0 Å². The van der Waals surface area contributed by atoms with Crippen molar-refractivity contribution in [1.29, 1.82) is 0 Å². The van der Waals surface area contributed by atoms with Gasteiger partial charge in [-0.25, -0.2) is 0 Å². The lowest BCUT2D eigenvalue weighted by Crippen LogP contribution is -2.33. The molecule has 1 aliphatic heterocycles. The Labute approximate surface area is 110 Å². The Morgan fingerprint density at radius 2 is 2.06 bits per heavy atom. The molecule has 1 saturated heterocycles. The van der Waals surface area contributed by atoms with Crippen molar-refractivity contribution in [3.63, 3.8) is 0 Å². The highest BCUT2D eigenvalue weighted by molar-refractivity contribution is 9.10. The Hall–Kier alpha value is -0.0900. The minimum absolute atomic E-state index is 0.0789. The quantitative estimate of drug-likeness (QED) is 0.881. The van der Waals surface area contributed by atoms with E-state index >= 15 is 0 Å². The maximum atomic E-state index is 6.32. The predicted octanol–water partition coefficient (Wildman–Crippen LogP) is 3.10. The zero-order valence-electron chi connectivity index (χ0n) is 9.05. The normalized spacial score (nSPS) is 19.7. The number of piperidine rings is 1. The zero-order chi connectivity index (χ0) is 11.5. The maximum Gasteiger partial charge on any atom is 0.0410 e. The predicted molar refractivity (Wildman–Crippen MR) is 71.7 cm³/mol. The first kappa shape index (κ1) is 12.4. The van der Waals surface area contributed by atoms with Crippen LogP contribution in [0, 0.1) is 5.92 Å². The van der Waals surface area contributed by atoms with Gasteiger partial charge in [0.05, 0.1) is 0 Å². The molecule has 16 heavy (non-hydrogen) atoms. The topological polar surface area (TPSA) is 38.0 Å². The molecule has 2 nitrogen and oxygen atoms in total. The lowest BCUT2D eigenvalue weighted by molar-refractivity contribution is 0.321. The fraction of sp³-hybridized carbons (Fsp3) is 0.500. The highest BCUT2D eigenvalue weighted by Gasteiger charge is 2.23. The second-order valence-corrected chi connectivity index (χ2v) is 5.57. The lowest BCUT2D eigenvalue weighted by atomic mass is 9.87. The number of benzene rings is 1. The van der Waals surface area contributed by atoms with E-state index in [1.54, 1.807) is 0 Å². The van der Waals surface area contributed by atoms with Crippen LogP contribution in [0.4, 0.5) is 0 Å². The van der Waals surface area contributed by atoms with Crippen molar-refractivity contribution in [2.75, 3.05) is 13.1 Å². The molecular weight excluding hydrogens is 288 g/mol. The number of nitrogens with two attached hydrogens (primary N) is 1. The van der Waals surface area contributed by atoms with E-state index in [4.69, 9.17) is 17.3 Å². The Bertz CT molecular complexity index is 364. The van der Waals surface area contributed by atoms with Crippen LogP contribution < -0.4 is 11.1 Å². The van der Waals surface area contributed by atoms with Crippen molar-refractivity contribution < 1.29 is 0 Å². The third-order valence-corrected chi connectivity index (χ3v) is 4.17. The minimum atomic E-state index is 0.0789. The minimum Gasteiger partial charge on any atom is -0.324 e. The maximum absolute atomic E-state index is 6.32. The largest absolute Gasteiger partial charge is 0.324 e. The number of nitrogens with one attached hydrogen (secondary N) is 1. The van der Waals surface area contributed by atoms with Gasteiger partial charge < -0.3 is 11.1 Å². The van der Waals surface area contributed by atoms with Crippen LogP contribution in [0.3, 0.4) is 0 Å². The van der Waals surface area contributed by atoms with Crippen molar-refractivity contribution in [3.8, 4) is 0 Å². The van der Waals surface area contributed by atoms with Crippen LogP contribution in [0.25, 0.3) is 0 Å². The van der Waals surface area contributed by atoms with Crippen LogP contribution in [0.2, 0.25) is 5.02 Å². The summed E-state index contributed by atoms with van der Waals surface area (Å²) < 4.78 is 1.06.